The summed E-state index contributed by atoms with van der Waals surface area (Å²) in [7, 11) is 0. The van der Waals surface area contributed by atoms with E-state index in [0.717, 1.165) is 17.1 Å². The fourth-order valence-corrected chi connectivity index (χ4v) is 3.91. The largest absolute Gasteiger partial charge is 0.490 e. The summed E-state index contributed by atoms with van der Waals surface area (Å²) in [6.45, 7) is 6.89. The lowest BCUT2D eigenvalue weighted by Gasteiger charge is -2.10. The molecule has 0 saturated heterocycles. The number of carboxylic acids is 1. The van der Waals surface area contributed by atoms with Crippen molar-refractivity contribution in [3.05, 3.63) is 64.2 Å². The molecule has 5 nitrogen and oxygen atoms in total. The Morgan fingerprint density at radius 2 is 1.61 bits per heavy atom. The molecular weight excluding hydrogens is 374 g/mol. The molecule has 2 aromatic carbocycles. The van der Waals surface area contributed by atoms with Crippen LogP contribution in [0.1, 0.15) is 33.4 Å². The van der Waals surface area contributed by atoms with Crippen LogP contribution in [0.25, 0.3) is 10.6 Å². The van der Waals surface area contributed by atoms with Crippen LogP contribution in [0.2, 0.25) is 0 Å². The van der Waals surface area contributed by atoms with Crippen LogP contribution in [0, 0.1) is 13.8 Å². The topological polar surface area (TPSA) is 68.7 Å². The number of thiazole rings is 1. The van der Waals surface area contributed by atoms with Gasteiger partial charge in [-0.05, 0) is 67.8 Å². The maximum absolute atomic E-state index is 11.3. The highest BCUT2D eigenvalue weighted by Crippen LogP contribution is 2.29. The zero-order valence-electron chi connectivity index (χ0n) is 16.2. The molecule has 0 aliphatic heterocycles. The van der Waals surface area contributed by atoms with Crippen molar-refractivity contribution in [2.45, 2.75) is 27.2 Å². The van der Waals surface area contributed by atoms with E-state index in [1.54, 1.807) is 0 Å². The molecule has 0 unspecified atom stereocenters. The molecule has 0 spiro atoms. The van der Waals surface area contributed by atoms with Crippen LogP contribution >= 0.6 is 11.3 Å². The van der Waals surface area contributed by atoms with Gasteiger partial charge in [0, 0.05) is 5.56 Å². The van der Waals surface area contributed by atoms with E-state index in [1.165, 1.54) is 22.5 Å². The molecule has 28 heavy (non-hydrogen) atoms. The van der Waals surface area contributed by atoms with Crippen molar-refractivity contribution in [2.24, 2.45) is 0 Å². The zero-order chi connectivity index (χ0) is 20.1. The predicted octanol–water partition coefficient (Wildman–Crippen LogP) is 5.15. The molecular formula is C22H23NO4S. The van der Waals surface area contributed by atoms with Gasteiger partial charge in [-0.3, -0.25) is 0 Å². The quantitative estimate of drug-likeness (QED) is 0.533. The van der Waals surface area contributed by atoms with Crippen molar-refractivity contribution in [1.29, 1.82) is 0 Å². The van der Waals surface area contributed by atoms with Gasteiger partial charge in [-0.25, -0.2) is 9.78 Å². The van der Waals surface area contributed by atoms with Gasteiger partial charge in [0.1, 0.15) is 34.6 Å². The number of rotatable bonds is 8. The minimum atomic E-state index is -0.927. The Morgan fingerprint density at radius 1 is 1.00 bits per heavy atom. The molecule has 1 N–H and O–H groups in total. The Labute approximate surface area is 168 Å². The van der Waals surface area contributed by atoms with E-state index in [0.29, 0.717) is 35.2 Å². The first-order valence-corrected chi connectivity index (χ1v) is 9.95. The molecule has 0 aliphatic rings. The van der Waals surface area contributed by atoms with E-state index in [-0.39, 0.29) is 0 Å². The molecule has 1 heterocycles. The van der Waals surface area contributed by atoms with Gasteiger partial charge in [-0.1, -0.05) is 13.0 Å². The molecule has 3 rings (SSSR count). The van der Waals surface area contributed by atoms with Crippen LogP contribution in [0.4, 0.5) is 0 Å². The lowest BCUT2D eigenvalue weighted by atomic mass is 10.1. The van der Waals surface area contributed by atoms with E-state index in [1.807, 2.05) is 57.2 Å². The Kier molecular flexibility index (Phi) is 6.31. The van der Waals surface area contributed by atoms with Gasteiger partial charge >= 0.3 is 5.97 Å². The summed E-state index contributed by atoms with van der Waals surface area (Å²) in [6.07, 6.45) is 0.597. The fourth-order valence-electron chi connectivity index (χ4n) is 2.91. The Balaban J connectivity index is 1.57. The number of hydrogen-bond donors (Lipinski definition) is 1. The van der Waals surface area contributed by atoms with Crippen LogP contribution < -0.4 is 9.47 Å². The molecule has 0 bridgehead atoms. The second-order valence-electron chi connectivity index (χ2n) is 6.50. The van der Waals surface area contributed by atoms with E-state index >= 15 is 0 Å². The third kappa shape index (κ3) is 4.89. The smallest absolute Gasteiger partial charge is 0.347 e. The third-order valence-corrected chi connectivity index (χ3v) is 5.28. The lowest BCUT2D eigenvalue weighted by molar-refractivity contribution is 0.0701. The number of aromatic carboxylic acids is 1. The van der Waals surface area contributed by atoms with E-state index in [4.69, 9.17) is 9.47 Å². The van der Waals surface area contributed by atoms with Crippen LogP contribution in [0.3, 0.4) is 0 Å². The van der Waals surface area contributed by atoms with Gasteiger partial charge in [0.05, 0.1) is 5.69 Å². The zero-order valence-corrected chi connectivity index (χ0v) is 17.0. The summed E-state index contributed by atoms with van der Waals surface area (Å²) in [5, 5.41) is 9.98. The molecule has 0 fully saturated rings. The van der Waals surface area contributed by atoms with Crippen LogP contribution in [-0.4, -0.2) is 29.3 Å². The fraction of sp³-hybridized carbons (Fsp3) is 0.273. The summed E-state index contributed by atoms with van der Waals surface area (Å²) < 4.78 is 11.5. The number of benzene rings is 2. The van der Waals surface area contributed by atoms with Crippen molar-refractivity contribution in [3.63, 3.8) is 0 Å². The second kappa shape index (κ2) is 8.89. The first kappa shape index (κ1) is 19.9. The minimum absolute atomic E-state index is 0.307. The third-order valence-electron chi connectivity index (χ3n) is 4.14. The molecule has 0 radical (unpaired) electrons. The number of nitrogens with zero attached hydrogens (tertiary/aromatic N) is 1. The number of hydrogen-bond acceptors (Lipinski definition) is 5. The second-order valence-corrected chi connectivity index (χ2v) is 7.50. The van der Waals surface area contributed by atoms with Gasteiger partial charge in [-0.15, -0.1) is 11.3 Å². The van der Waals surface area contributed by atoms with Crippen molar-refractivity contribution in [3.8, 4) is 22.1 Å². The first-order valence-electron chi connectivity index (χ1n) is 9.13. The molecule has 0 saturated carbocycles. The molecule has 146 valence electrons. The highest BCUT2D eigenvalue weighted by atomic mass is 32.1. The Morgan fingerprint density at radius 3 is 2.14 bits per heavy atom. The number of carbonyl (C=O) groups is 1. The predicted molar refractivity (Wildman–Crippen MR) is 111 cm³/mol. The Hall–Kier alpha value is -2.86. The molecule has 1 aromatic heterocycles. The minimum Gasteiger partial charge on any atom is -0.490 e. The van der Waals surface area contributed by atoms with Gasteiger partial charge in [-0.2, -0.15) is 0 Å². The molecule has 0 atom stereocenters. The van der Waals surface area contributed by atoms with Gasteiger partial charge in [0.2, 0.25) is 0 Å². The SMILES string of the molecule is CCc1nc(-c2ccc(OCCOc3cc(C)cc(C)c3)cc2)sc1C(=O)O. The summed E-state index contributed by atoms with van der Waals surface area (Å²) >= 11 is 1.20. The highest BCUT2D eigenvalue weighted by Gasteiger charge is 2.16. The first-order chi connectivity index (χ1) is 13.5. The van der Waals surface area contributed by atoms with Crippen LogP contribution in [-0.2, 0) is 6.42 Å². The summed E-state index contributed by atoms with van der Waals surface area (Å²) in [5.41, 5.74) is 3.85. The van der Waals surface area contributed by atoms with Crippen molar-refractivity contribution < 1.29 is 19.4 Å². The van der Waals surface area contributed by atoms with Crippen LogP contribution in [0.15, 0.2) is 42.5 Å². The van der Waals surface area contributed by atoms with Crippen molar-refractivity contribution >= 4 is 17.3 Å². The average molecular weight is 397 g/mol. The number of carboxylic acid groups (broad SMARTS) is 1. The lowest BCUT2D eigenvalue weighted by Crippen LogP contribution is -2.09. The van der Waals surface area contributed by atoms with Gasteiger partial charge in [0.25, 0.3) is 0 Å². The van der Waals surface area contributed by atoms with Crippen molar-refractivity contribution in [1.82, 2.24) is 4.98 Å². The number of aryl methyl sites for hydroxylation is 3. The Bertz CT molecular complexity index is 943. The average Bonchev–Trinajstić information content (AvgIpc) is 3.10. The van der Waals surface area contributed by atoms with Gasteiger partial charge < -0.3 is 14.6 Å². The monoisotopic (exact) mass is 397 g/mol. The van der Waals surface area contributed by atoms with E-state index < -0.39 is 5.97 Å². The molecule has 6 heteroatoms. The number of ether oxygens (including phenoxy) is 2. The van der Waals surface area contributed by atoms with E-state index in [2.05, 4.69) is 11.1 Å². The maximum Gasteiger partial charge on any atom is 0.347 e. The van der Waals surface area contributed by atoms with Crippen LogP contribution in [0.5, 0.6) is 11.5 Å². The maximum atomic E-state index is 11.3. The standard InChI is InChI=1S/C22H23NO4S/c1-4-19-20(22(24)25)28-21(23-19)16-5-7-17(8-6-16)26-9-10-27-18-12-14(2)11-15(3)13-18/h5-8,11-13H,4,9-10H2,1-3H3,(H,24,25). The highest BCUT2D eigenvalue weighted by molar-refractivity contribution is 7.17. The molecule has 0 aliphatic carbocycles. The number of aromatic nitrogens is 1. The normalized spacial score (nSPS) is 10.7. The molecule has 0 amide bonds. The van der Waals surface area contributed by atoms with Gasteiger partial charge in [0.15, 0.2) is 0 Å². The van der Waals surface area contributed by atoms with E-state index in [9.17, 15) is 9.90 Å². The molecule has 3 aromatic rings. The van der Waals surface area contributed by atoms with Crippen molar-refractivity contribution in [2.75, 3.05) is 13.2 Å². The summed E-state index contributed by atoms with van der Waals surface area (Å²) in [5.74, 6) is 0.657. The summed E-state index contributed by atoms with van der Waals surface area (Å²) in [6, 6.07) is 13.6. The summed E-state index contributed by atoms with van der Waals surface area (Å²) in [4.78, 5) is 16.1.